The van der Waals surface area contributed by atoms with Gasteiger partial charge in [-0.2, -0.15) is 0 Å². The van der Waals surface area contributed by atoms with Crippen molar-refractivity contribution in [2.75, 3.05) is 0 Å². The van der Waals surface area contributed by atoms with Crippen LogP contribution in [-0.4, -0.2) is 17.2 Å². The van der Waals surface area contributed by atoms with Crippen LogP contribution in [0.4, 0.5) is 0 Å². The number of hydrogen-bond acceptors (Lipinski definition) is 3. The number of unbranched alkanes of at least 4 members (excludes halogenated alkanes) is 8. The molecule has 0 bridgehead atoms. The van der Waals surface area contributed by atoms with Crippen molar-refractivity contribution in [3.8, 4) is 0 Å². The Hall–Kier alpha value is 0.806. The molecule has 1 unspecified atom stereocenters. The minimum atomic E-state index is -1.07. The number of carboxylic acid groups (broad SMARTS) is 1. The summed E-state index contributed by atoms with van der Waals surface area (Å²) in [4.78, 5) is 10.3. The molecule has 0 saturated heterocycles. The van der Waals surface area contributed by atoms with Crippen LogP contribution in [-0.2, 0) is 4.79 Å². The first kappa shape index (κ1) is 25.1. The zero-order chi connectivity index (χ0) is 15.8. The van der Waals surface area contributed by atoms with E-state index in [9.17, 15) is 15.0 Å². The number of rotatable bonds is 15. The number of hydrogen-bond donors (Lipinski definition) is 1. The summed E-state index contributed by atoms with van der Waals surface area (Å²) in [6.07, 6.45) is 17.3. The second-order valence-electron chi connectivity index (χ2n) is 5.88. The van der Waals surface area contributed by atoms with Crippen molar-refractivity contribution in [3.05, 3.63) is 12.2 Å². The van der Waals surface area contributed by atoms with Gasteiger partial charge in [0.15, 0.2) is 0 Å². The monoisotopic (exact) mass is 336 g/mol. The van der Waals surface area contributed by atoms with Gasteiger partial charge in [0.05, 0.1) is 6.10 Å². The predicted octanol–water partition coefficient (Wildman–Crippen LogP) is 0.749. The summed E-state index contributed by atoms with van der Waals surface area (Å²) in [6.45, 7) is 2.23. The van der Waals surface area contributed by atoms with Crippen LogP contribution in [0.3, 0.4) is 0 Å². The first-order valence-electron chi connectivity index (χ1n) is 8.69. The molecule has 0 aliphatic rings. The molecule has 0 aliphatic heterocycles. The molecule has 1 atom stereocenters. The molecule has 0 spiro atoms. The van der Waals surface area contributed by atoms with Crippen LogP contribution in [0.15, 0.2) is 12.2 Å². The molecule has 124 valence electrons. The van der Waals surface area contributed by atoms with E-state index in [0.717, 1.165) is 19.3 Å². The standard InChI is InChI=1S/C18H34O3.K/c1-2-3-4-5-6-7-8-9-10-11-12-13-14-17(19)15-16-18(20)21;/h7-8,17,19H,2-6,9-16H2,1H3,(H,20,21);/q;+1/p-1/b8-7+;. The average molecular weight is 337 g/mol. The topological polar surface area (TPSA) is 60.4 Å². The van der Waals surface area contributed by atoms with E-state index in [2.05, 4.69) is 19.1 Å². The van der Waals surface area contributed by atoms with E-state index in [-0.39, 0.29) is 57.8 Å². The van der Waals surface area contributed by atoms with E-state index in [1.54, 1.807) is 0 Å². The van der Waals surface area contributed by atoms with Gasteiger partial charge in [-0.1, -0.05) is 57.6 Å². The predicted molar refractivity (Wildman–Crippen MR) is 85.8 cm³/mol. The Morgan fingerprint density at radius 3 is 2.05 bits per heavy atom. The average Bonchev–Trinajstić information content (AvgIpc) is 2.46. The fraction of sp³-hybridized carbons (Fsp3) is 0.833. The van der Waals surface area contributed by atoms with E-state index in [4.69, 9.17) is 0 Å². The first-order chi connectivity index (χ1) is 10.2. The van der Waals surface area contributed by atoms with Crippen molar-refractivity contribution < 1.29 is 66.4 Å². The van der Waals surface area contributed by atoms with Gasteiger partial charge in [0.1, 0.15) is 0 Å². The fourth-order valence-corrected chi connectivity index (χ4v) is 2.35. The molecule has 0 amide bonds. The molecule has 0 aromatic carbocycles. The van der Waals surface area contributed by atoms with E-state index < -0.39 is 12.1 Å². The van der Waals surface area contributed by atoms with Crippen LogP contribution in [0.25, 0.3) is 0 Å². The van der Waals surface area contributed by atoms with Crippen molar-refractivity contribution in [1.82, 2.24) is 0 Å². The Kier molecular flexibility index (Phi) is 22.6. The van der Waals surface area contributed by atoms with Gasteiger partial charge in [0, 0.05) is 5.97 Å². The first-order valence-corrected chi connectivity index (χ1v) is 8.69. The molecule has 4 heteroatoms. The van der Waals surface area contributed by atoms with Crippen LogP contribution in [0.1, 0.15) is 90.4 Å². The molecule has 0 saturated carbocycles. The van der Waals surface area contributed by atoms with Crippen LogP contribution < -0.4 is 56.5 Å². The molecular formula is C18H33KO3. The molecule has 0 heterocycles. The van der Waals surface area contributed by atoms with Gasteiger partial charge >= 0.3 is 51.4 Å². The maximum atomic E-state index is 10.3. The molecule has 22 heavy (non-hydrogen) atoms. The van der Waals surface area contributed by atoms with E-state index in [1.165, 1.54) is 44.9 Å². The summed E-state index contributed by atoms with van der Waals surface area (Å²) >= 11 is 0. The van der Waals surface area contributed by atoms with Crippen LogP contribution in [0.5, 0.6) is 0 Å². The zero-order valence-corrected chi connectivity index (χ0v) is 17.8. The largest absolute Gasteiger partial charge is 1.00 e. The Morgan fingerprint density at radius 1 is 0.955 bits per heavy atom. The zero-order valence-electron chi connectivity index (χ0n) is 14.7. The third-order valence-electron chi connectivity index (χ3n) is 3.73. The second kappa shape index (κ2) is 19.9. The van der Waals surface area contributed by atoms with Gasteiger partial charge in [-0.15, -0.1) is 0 Å². The molecule has 1 N–H and O–H groups in total. The van der Waals surface area contributed by atoms with Gasteiger partial charge in [-0.25, -0.2) is 0 Å². The number of carbonyl (C=O) groups is 1. The number of aliphatic hydroxyl groups excluding tert-OH is 1. The molecule has 0 aromatic heterocycles. The molecule has 0 aliphatic carbocycles. The van der Waals surface area contributed by atoms with Gasteiger partial charge in [-0.05, 0) is 44.9 Å². The fourth-order valence-electron chi connectivity index (χ4n) is 2.35. The van der Waals surface area contributed by atoms with Gasteiger partial charge in [0.25, 0.3) is 0 Å². The Labute approximate surface area is 179 Å². The molecule has 0 rings (SSSR count). The number of aliphatic hydroxyl groups is 1. The SMILES string of the molecule is CCCCCC/C=C/CCCCCCC(O)CCC(=O)[O-].[K+]. The maximum Gasteiger partial charge on any atom is 1.00 e. The van der Waals surface area contributed by atoms with Gasteiger partial charge in [-0.3, -0.25) is 0 Å². The van der Waals surface area contributed by atoms with Crippen molar-refractivity contribution in [2.24, 2.45) is 0 Å². The summed E-state index contributed by atoms with van der Waals surface area (Å²) in [7, 11) is 0. The minimum absolute atomic E-state index is 0. The smallest absolute Gasteiger partial charge is 0.550 e. The summed E-state index contributed by atoms with van der Waals surface area (Å²) in [6, 6.07) is 0. The summed E-state index contributed by atoms with van der Waals surface area (Å²) < 4.78 is 0. The van der Waals surface area contributed by atoms with Gasteiger partial charge in [0.2, 0.25) is 0 Å². The van der Waals surface area contributed by atoms with Crippen molar-refractivity contribution >= 4 is 5.97 Å². The maximum absolute atomic E-state index is 10.3. The van der Waals surface area contributed by atoms with Crippen molar-refractivity contribution in [1.29, 1.82) is 0 Å². The normalized spacial score (nSPS) is 12.3. The van der Waals surface area contributed by atoms with Crippen LogP contribution in [0, 0.1) is 0 Å². The molecule has 0 aromatic rings. The summed E-state index contributed by atoms with van der Waals surface area (Å²) in [5.41, 5.74) is 0. The Bertz CT molecular complexity index is 267. The van der Waals surface area contributed by atoms with Crippen molar-refractivity contribution in [2.45, 2.75) is 96.5 Å². The molecule has 3 nitrogen and oxygen atoms in total. The molecule has 0 fully saturated rings. The van der Waals surface area contributed by atoms with E-state index in [0.29, 0.717) is 12.8 Å². The Morgan fingerprint density at radius 2 is 1.50 bits per heavy atom. The third-order valence-corrected chi connectivity index (χ3v) is 3.73. The van der Waals surface area contributed by atoms with Gasteiger partial charge < -0.3 is 15.0 Å². The minimum Gasteiger partial charge on any atom is -0.550 e. The quantitative estimate of drug-likeness (QED) is 0.273. The van der Waals surface area contributed by atoms with Crippen LogP contribution >= 0.6 is 0 Å². The summed E-state index contributed by atoms with van der Waals surface area (Å²) in [5, 5.41) is 19.8. The van der Waals surface area contributed by atoms with Crippen molar-refractivity contribution in [3.63, 3.8) is 0 Å². The number of allylic oxidation sites excluding steroid dienone is 2. The Balaban J connectivity index is 0. The number of carboxylic acids is 1. The second-order valence-corrected chi connectivity index (χ2v) is 5.88. The summed E-state index contributed by atoms with van der Waals surface area (Å²) in [5.74, 6) is -1.07. The van der Waals surface area contributed by atoms with E-state index in [1.807, 2.05) is 0 Å². The van der Waals surface area contributed by atoms with Crippen LogP contribution in [0.2, 0.25) is 0 Å². The van der Waals surface area contributed by atoms with E-state index >= 15 is 0 Å². The molecular weight excluding hydrogens is 303 g/mol. The third kappa shape index (κ3) is 20.8. The molecule has 0 radical (unpaired) electrons. The number of aliphatic carboxylic acids is 1. The number of carbonyl (C=O) groups excluding carboxylic acids is 1.